The monoisotopic (exact) mass is 261 g/mol. The smallest absolute Gasteiger partial charge is 0.320 e. The number of piperidine rings is 1. The fourth-order valence-electron chi connectivity index (χ4n) is 3.03. The first-order chi connectivity index (χ1) is 8.95. The third-order valence-corrected chi connectivity index (χ3v) is 3.93. The van der Waals surface area contributed by atoms with E-state index in [0.717, 1.165) is 25.9 Å². The first kappa shape index (κ1) is 14.1. The number of nitrogens with zero attached hydrogens (tertiary/aromatic N) is 1. The molecule has 1 aromatic rings. The number of carboxylic acids is 1. The summed E-state index contributed by atoms with van der Waals surface area (Å²) in [4.78, 5) is 13.5. The first-order valence-electron chi connectivity index (χ1n) is 6.99. The quantitative estimate of drug-likeness (QED) is 0.909. The second-order valence-corrected chi connectivity index (χ2v) is 5.95. The van der Waals surface area contributed by atoms with Gasteiger partial charge in [0, 0.05) is 6.54 Å². The van der Waals surface area contributed by atoms with Crippen LogP contribution in [-0.4, -0.2) is 28.6 Å². The molecule has 3 nitrogen and oxygen atoms in total. The van der Waals surface area contributed by atoms with Crippen molar-refractivity contribution < 1.29 is 9.90 Å². The summed E-state index contributed by atoms with van der Waals surface area (Å²) in [6, 6.07) is 6.13. The molecule has 2 unspecified atom stereocenters. The lowest BCUT2D eigenvalue weighted by molar-refractivity contribution is -0.145. The number of carbonyl (C=O) groups is 1. The Morgan fingerprint density at radius 1 is 1.32 bits per heavy atom. The Morgan fingerprint density at radius 2 is 1.95 bits per heavy atom. The van der Waals surface area contributed by atoms with Gasteiger partial charge in [-0.25, -0.2) is 0 Å². The predicted octanol–water partition coefficient (Wildman–Crippen LogP) is 2.99. The van der Waals surface area contributed by atoms with Crippen LogP contribution in [0, 0.1) is 19.8 Å². The van der Waals surface area contributed by atoms with E-state index in [-0.39, 0.29) is 6.04 Å². The molecule has 0 saturated carbocycles. The Morgan fingerprint density at radius 3 is 2.53 bits per heavy atom. The Labute approximate surface area is 115 Å². The maximum Gasteiger partial charge on any atom is 0.320 e. The molecule has 2 atom stereocenters. The normalized spacial score (nSPS) is 24.4. The molecule has 0 spiro atoms. The minimum absolute atomic E-state index is 0.329. The summed E-state index contributed by atoms with van der Waals surface area (Å²) in [5, 5.41) is 9.37. The highest BCUT2D eigenvalue weighted by Crippen LogP contribution is 2.24. The number of hydrogen-bond acceptors (Lipinski definition) is 2. The van der Waals surface area contributed by atoms with E-state index in [0.29, 0.717) is 5.92 Å². The van der Waals surface area contributed by atoms with Crippen molar-refractivity contribution in [2.45, 2.75) is 46.2 Å². The highest BCUT2D eigenvalue weighted by atomic mass is 16.4. The predicted molar refractivity (Wildman–Crippen MR) is 76.1 cm³/mol. The number of benzene rings is 1. The molecule has 1 heterocycles. The minimum Gasteiger partial charge on any atom is -0.480 e. The van der Waals surface area contributed by atoms with E-state index in [2.05, 4.69) is 43.9 Å². The summed E-state index contributed by atoms with van der Waals surface area (Å²) in [5.41, 5.74) is 3.71. The fraction of sp³-hybridized carbons (Fsp3) is 0.562. The first-order valence-corrected chi connectivity index (χ1v) is 6.99. The molecule has 0 bridgehead atoms. The molecule has 1 aliphatic heterocycles. The lowest BCUT2D eigenvalue weighted by atomic mass is 9.92. The van der Waals surface area contributed by atoms with Crippen LogP contribution in [0.3, 0.4) is 0 Å². The van der Waals surface area contributed by atoms with Crippen LogP contribution in [0.15, 0.2) is 18.2 Å². The molecule has 19 heavy (non-hydrogen) atoms. The van der Waals surface area contributed by atoms with E-state index in [1.165, 1.54) is 16.7 Å². The van der Waals surface area contributed by atoms with Crippen molar-refractivity contribution in [3.05, 3.63) is 34.9 Å². The van der Waals surface area contributed by atoms with Gasteiger partial charge in [0.2, 0.25) is 0 Å². The average molecular weight is 261 g/mol. The highest BCUT2D eigenvalue weighted by molar-refractivity contribution is 5.73. The summed E-state index contributed by atoms with van der Waals surface area (Å²) < 4.78 is 0. The van der Waals surface area contributed by atoms with Crippen molar-refractivity contribution in [3.8, 4) is 0 Å². The number of carboxylic acid groups (broad SMARTS) is 1. The van der Waals surface area contributed by atoms with E-state index in [1.807, 2.05) is 0 Å². The van der Waals surface area contributed by atoms with Crippen LogP contribution < -0.4 is 0 Å². The standard InChI is InChI=1S/C16H23NO2/c1-11-4-5-17(15(9-11)16(18)19)10-14-7-12(2)6-13(3)8-14/h6-8,11,15H,4-5,9-10H2,1-3H3,(H,18,19). The largest absolute Gasteiger partial charge is 0.480 e. The van der Waals surface area contributed by atoms with Crippen molar-refractivity contribution >= 4 is 5.97 Å². The van der Waals surface area contributed by atoms with Crippen molar-refractivity contribution in [3.63, 3.8) is 0 Å². The Balaban J connectivity index is 2.14. The summed E-state index contributed by atoms with van der Waals surface area (Å²) in [6.45, 7) is 7.94. The molecule has 1 N–H and O–H groups in total. The van der Waals surface area contributed by atoms with E-state index in [4.69, 9.17) is 0 Å². The summed E-state index contributed by atoms with van der Waals surface area (Å²) >= 11 is 0. The molecular formula is C16H23NO2. The van der Waals surface area contributed by atoms with Gasteiger partial charge in [-0.1, -0.05) is 36.2 Å². The van der Waals surface area contributed by atoms with Crippen LogP contribution in [0.2, 0.25) is 0 Å². The van der Waals surface area contributed by atoms with Crippen LogP contribution in [0.1, 0.15) is 36.5 Å². The Kier molecular flexibility index (Phi) is 4.25. The third-order valence-electron chi connectivity index (χ3n) is 3.93. The highest BCUT2D eigenvalue weighted by Gasteiger charge is 2.31. The molecule has 1 fully saturated rings. The zero-order valence-corrected chi connectivity index (χ0v) is 12.0. The van der Waals surface area contributed by atoms with Gasteiger partial charge in [-0.2, -0.15) is 0 Å². The second-order valence-electron chi connectivity index (χ2n) is 5.95. The van der Waals surface area contributed by atoms with E-state index < -0.39 is 5.97 Å². The zero-order chi connectivity index (χ0) is 14.0. The fourth-order valence-corrected chi connectivity index (χ4v) is 3.03. The van der Waals surface area contributed by atoms with Crippen molar-refractivity contribution in [2.75, 3.05) is 6.54 Å². The van der Waals surface area contributed by atoms with Crippen LogP contribution in [0.25, 0.3) is 0 Å². The van der Waals surface area contributed by atoms with E-state index in [9.17, 15) is 9.90 Å². The van der Waals surface area contributed by atoms with Crippen molar-refractivity contribution in [1.82, 2.24) is 4.90 Å². The topological polar surface area (TPSA) is 40.5 Å². The number of likely N-dealkylation sites (tertiary alicyclic amines) is 1. The van der Waals surface area contributed by atoms with E-state index in [1.54, 1.807) is 0 Å². The molecule has 1 saturated heterocycles. The maximum atomic E-state index is 11.4. The number of hydrogen-bond donors (Lipinski definition) is 1. The molecule has 104 valence electrons. The lowest BCUT2D eigenvalue weighted by Crippen LogP contribution is -2.46. The second kappa shape index (κ2) is 5.74. The third kappa shape index (κ3) is 3.57. The van der Waals surface area contributed by atoms with Gasteiger partial charge in [0.05, 0.1) is 0 Å². The van der Waals surface area contributed by atoms with Crippen LogP contribution in [0.5, 0.6) is 0 Å². The molecule has 0 aromatic heterocycles. The van der Waals surface area contributed by atoms with Gasteiger partial charge < -0.3 is 5.11 Å². The van der Waals surface area contributed by atoms with E-state index >= 15 is 0 Å². The lowest BCUT2D eigenvalue weighted by Gasteiger charge is -2.36. The van der Waals surface area contributed by atoms with Gasteiger partial charge in [-0.3, -0.25) is 9.69 Å². The maximum absolute atomic E-state index is 11.4. The van der Waals surface area contributed by atoms with Crippen molar-refractivity contribution in [1.29, 1.82) is 0 Å². The van der Waals surface area contributed by atoms with Gasteiger partial charge in [0.1, 0.15) is 6.04 Å². The van der Waals surface area contributed by atoms with Gasteiger partial charge in [-0.15, -0.1) is 0 Å². The SMILES string of the molecule is Cc1cc(C)cc(CN2CCC(C)CC2C(=O)O)c1. The van der Waals surface area contributed by atoms with Gasteiger partial charge in [0.25, 0.3) is 0 Å². The van der Waals surface area contributed by atoms with Crippen LogP contribution in [0.4, 0.5) is 0 Å². The molecule has 1 aliphatic rings. The minimum atomic E-state index is -0.684. The zero-order valence-electron chi connectivity index (χ0n) is 12.0. The van der Waals surface area contributed by atoms with Gasteiger partial charge in [0.15, 0.2) is 0 Å². The molecule has 0 radical (unpaired) electrons. The summed E-state index contributed by atoms with van der Waals surface area (Å²) in [5.74, 6) is -0.174. The molecule has 3 heteroatoms. The number of rotatable bonds is 3. The summed E-state index contributed by atoms with van der Waals surface area (Å²) in [6.07, 6.45) is 1.86. The average Bonchev–Trinajstić information content (AvgIpc) is 2.30. The van der Waals surface area contributed by atoms with Gasteiger partial charge in [-0.05, 0) is 44.7 Å². The molecule has 2 rings (SSSR count). The molecular weight excluding hydrogens is 238 g/mol. The van der Waals surface area contributed by atoms with Crippen LogP contribution in [-0.2, 0) is 11.3 Å². The van der Waals surface area contributed by atoms with Crippen LogP contribution >= 0.6 is 0 Å². The number of aryl methyl sites for hydroxylation is 2. The molecule has 0 amide bonds. The van der Waals surface area contributed by atoms with Crippen molar-refractivity contribution in [2.24, 2.45) is 5.92 Å². The molecule has 1 aromatic carbocycles. The Hall–Kier alpha value is -1.35. The number of aliphatic carboxylic acids is 1. The summed E-state index contributed by atoms with van der Waals surface area (Å²) in [7, 11) is 0. The van der Waals surface area contributed by atoms with Gasteiger partial charge >= 0.3 is 5.97 Å². The Bertz CT molecular complexity index is 450. The molecule has 0 aliphatic carbocycles.